The van der Waals surface area contributed by atoms with Gasteiger partial charge in [-0.2, -0.15) is 5.10 Å². The third kappa shape index (κ3) is 2.22. The molecule has 0 aliphatic rings. The number of rotatable bonds is 2. The number of halogens is 2. The maximum Gasteiger partial charge on any atom is 0.153 e. The van der Waals surface area contributed by atoms with Gasteiger partial charge in [-0.1, -0.05) is 23.7 Å². The Morgan fingerprint density at radius 2 is 2.11 bits per heavy atom. The van der Waals surface area contributed by atoms with Crippen molar-refractivity contribution in [2.45, 2.75) is 0 Å². The first-order chi connectivity index (χ1) is 9.15. The summed E-state index contributed by atoms with van der Waals surface area (Å²) < 4.78 is 14.0. The number of anilines is 1. The van der Waals surface area contributed by atoms with E-state index in [0.717, 1.165) is 10.6 Å². The molecule has 1 aromatic carbocycles. The van der Waals surface area contributed by atoms with Crippen molar-refractivity contribution >= 4 is 28.8 Å². The zero-order valence-corrected chi connectivity index (χ0v) is 11.2. The van der Waals surface area contributed by atoms with Crippen molar-refractivity contribution in [3.05, 3.63) is 46.6 Å². The van der Waals surface area contributed by atoms with Crippen LogP contribution in [0.15, 0.2) is 36.4 Å². The van der Waals surface area contributed by atoms with Crippen LogP contribution in [0.2, 0.25) is 4.34 Å². The number of hydrogen-bond acceptors (Lipinski definition) is 3. The minimum atomic E-state index is -0.312. The van der Waals surface area contributed by atoms with Gasteiger partial charge >= 0.3 is 0 Å². The van der Waals surface area contributed by atoms with Crippen LogP contribution in [0, 0.1) is 5.82 Å². The largest absolute Gasteiger partial charge is 0.382 e. The normalized spacial score (nSPS) is 10.8. The number of benzene rings is 1. The molecular formula is C13H9ClFN3S. The van der Waals surface area contributed by atoms with E-state index in [4.69, 9.17) is 17.3 Å². The highest BCUT2D eigenvalue weighted by molar-refractivity contribution is 7.19. The summed E-state index contributed by atoms with van der Waals surface area (Å²) in [5, 5.41) is 6.88. The van der Waals surface area contributed by atoms with Crippen LogP contribution in [-0.4, -0.2) is 10.2 Å². The molecule has 0 spiro atoms. The van der Waals surface area contributed by atoms with Gasteiger partial charge in [0.05, 0.1) is 20.5 Å². The quantitative estimate of drug-likeness (QED) is 0.744. The van der Waals surface area contributed by atoms with E-state index >= 15 is 0 Å². The Balaban J connectivity index is 2.19. The minimum absolute atomic E-state index is 0.312. The monoisotopic (exact) mass is 293 g/mol. The van der Waals surface area contributed by atoms with Crippen LogP contribution in [0.5, 0.6) is 0 Å². The standard InChI is InChI=1S/C13H9ClFN3S/c14-10-5-4-9(19-10)12-11(13(16)18-17-12)7-2-1-3-8(15)6-7/h1-6H,(H3,16,17,18). The number of nitrogens with two attached hydrogens (primary N) is 1. The van der Waals surface area contributed by atoms with E-state index in [-0.39, 0.29) is 5.82 Å². The average Bonchev–Trinajstić information content (AvgIpc) is 2.95. The third-order valence-corrected chi connectivity index (χ3v) is 3.98. The lowest BCUT2D eigenvalue weighted by Gasteiger charge is -2.03. The molecular weight excluding hydrogens is 285 g/mol. The summed E-state index contributed by atoms with van der Waals surface area (Å²) in [6, 6.07) is 9.93. The molecule has 3 nitrogen and oxygen atoms in total. The molecule has 6 heteroatoms. The molecule has 0 amide bonds. The highest BCUT2D eigenvalue weighted by atomic mass is 35.5. The molecule has 0 saturated carbocycles. The summed E-state index contributed by atoms with van der Waals surface area (Å²) in [5.74, 6) is 0.0263. The summed E-state index contributed by atoms with van der Waals surface area (Å²) in [6.45, 7) is 0. The van der Waals surface area contributed by atoms with Crippen molar-refractivity contribution in [2.75, 3.05) is 5.73 Å². The molecule has 0 radical (unpaired) electrons. The average molecular weight is 294 g/mol. The highest BCUT2D eigenvalue weighted by Crippen LogP contribution is 2.38. The molecule has 0 atom stereocenters. The molecule has 0 aliphatic heterocycles. The fraction of sp³-hybridized carbons (Fsp3) is 0. The summed E-state index contributed by atoms with van der Waals surface area (Å²) in [6.07, 6.45) is 0. The summed E-state index contributed by atoms with van der Waals surface area (Å²) in [7, 11) is 0. The van der Waals surface area contributed by atoms with Crippen molar-refractivity contribution in [2.24, 2.45) is 0 Å². The number of hydrogen-bond donors (Lipinski definition) is 2. The van der Waals surface area contributed by atoms with E-state index in [2.05, 4.69) is 10.2 Å². The summed E-state index contributed by atoms with van der Waals surface area (Å²) in [4.78, 5) is 0.911. The smallest absolute Gasteiger partial charge is 0.153 e. The van der Waals surface area contributed by atoms with Gasteiger partial charge in [0.2, 0.25) is 0 Å². The van der Waals surface area contributed by atoms with Crippen LogP contribution in [-0.2, 0) is 0 Å². The summed E-state index contributed by atoms with van der Waals surface area (Å²) in [5.41, 5.74) is 8.00. The van der Waals surface area contributed by atoms with Gasteiger partial charge in [-0.3, -0.25) is 5.10 Å². The van der Waals surface area contributed by atoms with Crippen LogP contribution in [0.25, 0.3) is 21.7 Å². The number of nitrogen functional groups attached to an aromatic ring is 1. The van der Waals surface area contributed by atoms with E-state index < -0.39 is 0 Å². The second-order valence-electron chi connectivity index (χ2n) is 3.97. The predicted molar refractivity (Wildman–Crippen MR) is 76.7 cm³/mol. The van der Waals surface area contributed by atoms with Crippen LogP contribution in [0.1, 0.15) is 0 Å². The van der Waals surface area contributed by atoms with Gasteiger partial charge in [0.15, 0.2) is 5.82 Å². The first-order valence-electron chi connectivity index (χ1n) is 5.50. The topological polar surface area (TPSA) is 54.7 Å². The Kier molecular flexibility index (Phi) is 3.00. The molecule has 0 unspecified atom stereocenters. The number of H-pyrrole nitrogens is 1. The van der Waals surface area contributed by atoms with Gasteiger partial charge in [0, 0.05) is 0 Å². The molecule has 3 aromatic rings. The SMILES string of the molecule is Nc1n[nH]c(-c2ccc(Cl)s2)c1-c1cccc(F)c1. The molecule has 3 rings (SSSR count). The van der Waals surface area contributed by atoms with Crippen LogP contribution in [0.4, 0.5) is 10.2 Å². The van der Waals surface area contributed by atoms with Crippen molar-refractivity contribution < 1.29 is 4.39 Å². The Hall–Kier alpha value is -1.85. The third-order valence-electron chi connectivity index (χ3n) is 2.73. The first kappa shape index (κ1) is 12.2. The van der Waals surface area contributed by atoms with Crippen molar-refractivity contribution in [1.82, 2.24) is 10.2 Å². The fourth-order valence-electron chi connectivity index (χ4n) is 1.92. The summed E-state index contributed by atoms with van der Waals surface area (Å²) >= 11 is 7.35. The minimum Gasteiger partial charge on any atom is -0.382 e. The molecule has 3 N–H and O–H groups in total. The predicted octanol–water partition coefficient (Wildman–Crippen LogP) is 4.18. The molecule has 96 valence electrons. The van der Waals surface area contributed by atoms with Gasteiger partial charge in [-0.25, -0.2) is 4.39 Å². The zero-order chi connectivity index (χ0) is 13.4. The lowest BCUT2D eigenvalue weighted by Crippen LogP contribution is -1.89. The first-order valence-corrected chi connectivity index (χ1v) is 6.70. The fourth-order valence-corrected chi connectivity index (χ4v) is 2.96. The van der Waals surface area contributed by atoms with E-state index in [1.54, 1.807) is 18.2 Å². The molecule has 2 heterocycles. The molecule has 2 aromatic heterocycles. The molecule has 0 aliphatic carbocycles. The van der Waals surface area contributed by atoms with Crippen molar-refractivity contribution in [3.8, 4) is 21.7 Å². The van der Waals surface area contributed by atoms with Gasteiger partial charge in [-0.05, 0) is 29.8 Å². The molecule has 19 heavy (non-hydrogen) atoms. The second kappa shape index (κ2) is 4.68. The molecule has 0 bridgehead atoms. The maximum atomic E-state index is 13.3. The van der Waals surface area contributed by atoms with Crippen molar-refractivity contribution in [3.63, 3.8) is 0 Å². The Morgan fingerprint density at radius 1 is 1.26 bits per heavy atom. The van der Waals surface area contributed by atoms with Gasteiger partial charge in [0.25, 0.3) is 0 Å². The second-order valence-corrected chi connectivity index (χ2v) is 5.69. The maximum absolute atomic E-state index is 13.3. The van der Waals surface area contributed by atoms with Gasteiger partial charge in [0.1, 0.15) is 5.82 Å². The van der Waals surface area contributed by atoms with Crippen LogP contribution < -0.4 is 5.73 Å². The number of nitrogens with one attached hydrogen (secondary N) is 1. The van der Waals surface area contributed by atoms with E-state index in [0.29, 0.717) is 21.3 Å². The Bertz CT molecular complexity index is 735. The van der Waals surface area contributed by atoms with Crippen LogP contribution in [0.3, 0.4) is 0 Å². The zero-order valence-electron chi connectivity index (χ0n) is 9.65. The van der Waals surface area contributed by atoms with E-state index in [1.165, 1.54) is 23.5 Å². The Labute approximate surface area is 117 Å². The van der Waals surface area contributed by atoms with E-state index in [9.17, 15) is 4.39 Å². The lowest BCUT2D eigenvalue weighted by molar-refractivity contribution is 0.628. The number of thiophene rings is 1. The van der Waals surface area contributed by atoms with Crippen LogP contribution >= 0.6 is 22.9 Å². The van der Waals surface area contributed by atoms with E-state index in [1.807, 2.05) is 6.07 Å². The number of nitrogens with zero attached hydrogens (tertiary/aromatic N) is 1. The lowest BCUT2D eigenvalue weighted by atomic mass is 10.0. The molecule has 0 fully saturated rings. The number of aromatic amines is 1. The van der Waals surface area contributed by atoms with Gasteiger partial charge in [-0.15, -0.1) is 11.3 Å². The Morgan fingerprint density at radius 3 is 2.79 bits per heavy atom. The van der Waals surface area contributed by atoms with Gasteiger partial charge < -0.3 is 5.73 Å². The molecule has 0 saturated heterocycles. The highest BCUT2D eigenvalue weighted by Gasteiger charge is 2.16. The number of aromatic nitrogens is 2. The van der Waals surface area contributed by atoms with Crippen molar-refractivity contribution in [1.29, 1.82) is 0 Å².